The summed E-state index contributed by atoms with van der Waals surface area (Å²) >= 11 is 14.4. The summed E-state index contributed by atoms with van der Waals surface area (Å²) in [5.41, 5.74) is 4.82. The second-order valence-electron chi connectivity index (χ2n) is 9.89. The number of aryl methyl sites for hydroxylation is 2. The van der Waals surface area contributed by atoms with E-state index in [1.807, 2.05) is 62.4 Å². The van der Waals surface area contributed by atoms with Gasteiger partial charge in [0.25, 0.3) is 20.0 Å². The molecule has 0 fully saturated rings. The van der Waals surface area contributed by atoms with Gasteiger partial charge in [-0.05, 0) is 61.4 Å². The lowest BCUT2D eigenvalue weighted by Crippen LogP contribution is -2.11. The number of hydrogen-bond acceptors (Lipinski definition) is 8. The first-order chi connectivity index (χ1) is 21.9. The van der Waals surface area contributed by atoms with Crippen LogP contribution in [0.25, 0.3) is 20.9 Å². The Bertz CT molecular complexity index is 2030. The van der Waals surface area contributed by atoms with E-state index in [4.69, 9.17) is 23.2 Å². The lowest BCUT2D eigenvalue weighted by atomic mass is 10.1. The molecule has 0 aliphatic carbocycles. The molecule has 0 aliphatic rings. The number of anilines is 2. The van der Waals surface area contributed by atoms with E-state index in [0.717, 1.165) is 32.0 Å². The fourth-order valence-electron chi connectivity index (χ4n) is 3.97. The highest BCUT2D eigenvalue weighted by Crippen LogP contribution is 2.34. The van der Waals surface area contributed by atoms with E-state index < -0.39 is 20.0 Å². The zero-order valence-corrected chi connectivity index (χ0v) is 29.1. The summed E-state index contributed by atoms with van der Waals surface area (Å²) in [6, 6.07) is 25.7. The van der Waals surface area contributed by atoms with Crippen molar-refractivity contribution in [3.05, 3.63) is 131 Å². The van der Waals surface area contributed by atoms with Crippen LogP contribution in [0.1, 0.15) is 11.1 Å². The van der Waals surface area contributed by atoms with Crippen molar-refractivity contribution in [1.29, 1.82) is 0 Å². The van der Waals surface area contributed by atoms with Gasteiger partial charge in [0.05, 0.1) is 33.8 Å². The summed E-state index contributed by atoms with van der Waals surface area (Å²) in [5, 5.41) is 0.609. The van der Waals surface area contributed by atoms with Crippen molar-refractivity contribution < 1.29 is 16.8 Å². The van der Waals surface area contributed by atoms with Gasteiger partial charge in [0.15, 0.2) is 0 Å². The average molecular weight is 730 g/mol. The van der Waals surface area contributed by atoms with Crippen molar-refractivity contribution in [2.45, 2.75) is 22.3 Å². The number of nitrogens with one attached hydrogen (secondary N) is 2. The van der Waals surface area contributed by atoms with E-state index in [1.54, 1.807) is 24.3 Å². The maximum atomic E-state index is 12.5. The summed E-state index contributed by atoms with van der Waals surface area (Å²) in [7, 11) is -7.37. The standard InChI is InChI=1S/2C16H13ClN2O2S2/c2*1-11-2-4-12(5-3-11)15-6-7-16(22-15)23(20,21)19-14-10-18-9-8-13(14)17/h2*2-10,19H,1H3. The van der Waals surface area contributed by atoms with E-state index in [9.17, 15) is 16.8 Å². The third kappa shape index (κ3) is 8.32. The number of halogens is 2. The highest BCUT2D eigenvalue weighted by Gasteiger charge is 2.20. The number of benzene rings is 2. The zero-order valence-electron chi connectivity index (χ0n) is 24.3. The first kappa shape index (κ1) is 33.6. The van der Waals surface area contributed by atoms with Crippen LogP contribution in [-0.2, 0) is 20.0 Å². The lowest BCUT2D eigenvalue weighted by molar-refractivity contribution is 0.601. The topological polar surface area (TPSA) is 118 Å². The SMILES string of the molecule is Cc1ccc(-c2ccc(S(=O)(=O)Nc3cnccc3Cl)s2)cc1.Cc1ccc(-c2ccc(S(=O)(=O)Nc3cnccc3Cl)s2)cc1. The molecule has 0 bridgehead atoms. The Morgan fingerprint density at radius 3 is 1.26 bits per heavy atom. The van der Waals surface area contributed by atoms with Crippen LogP contribution in [0.4, 0.5) is 11.4 Å². The maximum absolute atomic E-state index is 12.5. The summed E-state index contributed by atoms with van der Waals surface area (Å²) < 4.78 is 55.3. The smallest absolute Gasteiger partial charge is 0.271 e. The number of aromatic nitrogens is 2. The first-order valence-electron chi connectivity index (χ1n) is 13.5. The van der Waals surface area contributed by atoms with Crippen LogP contribution in [-0.4, -0.2) is 26.8 Å². The third-order valence-electron chi connectivity index (χ3n) is 6.39. The summed E-state index contributed by atoms with van der Waals surface area (Å²) in [4.78, 5) is 9.54. The number of sulfonamides is 2. The van der Waals surface area contributed by atoms with E-state index in [1.165, 1.54) is 59.6 Å². The predicted octanol–water partition coefficient (Wildman–Crippen LogP) is 9.15. The molecule has 0 spiro atoms. The van der Waals surface area contributed by atoms with Gasteiger partial charge in [0, 0.05) is 22.1 Å². The van der Waals surface area contributed by atoms with Gasteiger partial charge >= 0.3 is 0 Å². The molecule has 4 heterocycles. The number of pyridine rings is 2. The molecule has 6 rings (SSSR count). The second-order valence-corrected chi connectivity index (χ2v) is 16.7. The molecular formula is C32H26Cl2N4O4S4. The van der Waals surface area contributed by atoms with Crippen LogP contribution >= 0.6 is 45.9 Å². The largest absolute Gasteiger partial charge is 0.276 e. The third-order valence-corrected chi connectivity index (χ3v) is 13.0. The molecule has 46 heavy (non-hydrogen) atoms. The summed E-state index contributed by atoms with van der Waals surface area (Å²) in [6.45, 7) is 4.02. The molecule has 0 aliphatic heterocycles. The molecule has 8 nitrogen and oxygen atoms in total. The van der Waals surface area contributed by atoms with Crippen molar-refractivity contribution in [3.8, 4) is 20.9 Å². The van der Waals surface area contributed by atoms with Gasteiger partial charge in [-0.1, -0.05) is 82.9 Å². The van der Waals surface area contributed by atoms with E-state index in [2.05, 4.69) is 19.4 Å². The van der Waals surface area contributed by atoms with Crippen molar-refractivity contribution in [2.24, 2.45) is 0 Å². The Morgan fingerprint density at radius 2 is 0.913 bits per heavy atom. The molecule has 0 amide bonds. The van der Waals surface area contributed by atoms with Gasteiger partial charge in [-0.2, -0.15) is 0 Å². The Labute approximate surface area is 285 Å². The van der Waals surface area contributed by atoms with Gasteiger partial charge in [-0.25, -0.2) is 16.8 Å². The highest BCUT2D eigenvalue weighted by molar-refractivity contribution is 7.95. The molecule has 6 aromatic rings. The molecule has 2 aromatic carbocycles. The fourth-order valence-corrected chi connectivity index (χ4v) is 9.14. The molecule has 14 heteroatoms. The number of thiophene rings is 2. The number of nitrogens with zero attached hydrogens (tertiary/aromatic N) is 2. The average Bonchev–Trinajstić information content (AvgIpc) is 3.73. The quantitative estimate of drug-likeness (QED) is 0.161. The molecule has 236 valence electrons. The molecular weight excluding hydrogens is 704 g/mol. The van der Waals surface area contributed by atoms with Crippen molar-refractivity contribution >= 4 is 77.3 Å². The minimum atomic E-state index is -3.69. The van der Waals surface area contributed by atoms with Gasteiger partial charge in [0.1, 0.15) is 8.42 Å². The predicted molar refractivity (Wildman–Crippen MR) is 189 cm³/mol. The van der Waals surface area contributed by atoms with E-state index in [-0.39, 0.29) is 19.8 Å². The fraction of sp³-hybridized carbons (Fsp3) is 0.0625. The van der Waals surface area contributed by atoms with Crippen molar-refractivity contribution in [2.75, 3.05) is 9.44 Å². The zero-order chi connectivity index (χ0) is 32.9. The van der Waals surface area contributed by atoms with Crippen molar-refractivity contribution in [1.82, 2.24) is 9.97 Å². The Hall–Kier alpha value is -3.78. The van der Waals surface area contributed by atoms with Crippen LogP contribution in [0, 0.1) is 13.8 Å². The molecule has 2 N–H and O–H groups in total. The summed E-state index contributed by atoms with van der Waals surface area (Å²) in [5.74, 6) is 0. The van der Waals surface area contributed by atoms with Crippen LogP contribution in [0.2, 0.25) is 10.0 Å². The molecule has 0 radical (unpaired) electrons. The minimum absolute atomic E-state index is 0.230. The molecule has 0 unspecified atom stereocenters. The maximum Gasteiger partial charge on any atom is 0.271 e. The highest BCUT2D eigenvalue weighted by atomic mass is 35.5. The first-order valence-corrected chi connectivity index (χ1v) is 18.9. The van der Waals surface area contributed by atoms with E-state index in [0.29, 0.717) is 10.0 Å². The Morgan fingerprint density at radius 1 is 0.543 bits per heavy atom. The van der Waals surface area contributed by atoms with Crippen LogP contribution in [0.5, 0.6) is 0 Å². The van der Waals surface area contributed by atoms with Gasteiger partial charge in [0.2, 0.25) is 0 Å². The van der Waals surface area contributed by atoms with Gasteiger partial charge in [-0.3, -0.25) is 19.4 Å². The van der Waals surface area contributed by atoms with Crippen LogP contribution in [0.3, 0.4) is 0 Å². The van der Waals surface area contributed by atoms with E-state index >= 15 is 0 Å². The Kier molecular flexibility index (Phi) is 10.5. The molecule has 0 saturated heterocycles. The molecule has 0 atom stereocenters. The minimum Gasteiger partial charge on any atom is -0.276 e. The monoisotopic (exact) mass is 728 g/mol. The number of rotatable bonds is 8. The normalized spacial score (nSPS) is 11.4. The van der Waals surface area contributed by atoms with Crippen LogP contribution in [0.15, 0.2) is 118 Å². The van der Waals surface area contributed by atoms with Crippen LogP contribution < -0.4 is 9.44 Å². The van der Waals surface area contributed by atoms with Gasteiger partial charge < -0.3 is 0 Å². The number of hydrogen-bond donors (Lipinski definition) is 2. The lowest BCUT2D eigenvalue weighted by Gasteiger charge is -2.07. The van der Waals surface area contributed by atoms with Crippen molar-refractivity contribution in [3.63, 3.8) is 0 Å². The summed E-state index contributed by atoms with van der Waals surface area (Å²) in [6.07, 6.45) is 5.77. The molecule has 0 saturated carbocycles. The van der Waals surface area contributed by atoms with Gasteiger partial charge in [-0.15, -0.1) is 22.7 Å². The Balaban J connectivity index is 0.000000181. The molecule has 4 aromatic heterocycles. The second kappa shape index (κ2) is 14.3.